The fourth-order valence-corrected chi connectivity index (χ4v) is 23.9. The van der Waals surface area contributed by atoms with Gasteiger partial charge in [0.05, 0.1) is 56.9 Å². The van der Waals surface area contributed by atoms with E-state index in [4.69, 9.17) is 79.1 Å². The van der Waals surface area contributed by atoms with Crippen LogP contribution in [0.1, 0.15) is 192 Å². The van der Waals surface area contributed by atoms with Gasteiger partial charge in [-0.25, -0.2) is 29.3 Å². The van der Waals surface area contributed by atoms with Crippen molar-refractivity contribution in [3.63, 3.8) is 0 Å². The summed E-state index contributed by atoms with van der Waals surface area (Å²) in [5, 5.41) is 50.7. The van der Waals surface area contributed by atoms with E-state index in [1.165, 1.54) is 173 Å². The number of nitrogens with two attached hydrogens (primary N) is 3. The summed E-state index contributed by atoms with van der Waals surface area (Å²) in [7, 11) is 0. The van der Waals surface area contributed by atoms with Gasteiger partial charge in [0.15, 0.2) is 73.9 Å². The molecule has 9 heterocycles. The lowest BCUT2D eigenvalue weighted by Crippen LogP contribution is -2.46. The number of non-ortho nitro benzene ring substituents is 1. The van der Waals surface area contributed by atoms with Gasteiger partial charge in [-0.1, -0.05) is 17.8 Å². The zero-order chi connectivity index (χ0) is 84.9. The van der Waals surface area contributed by atoms with Crippen molar-refractivity contribution >= 4 is 75.1 Å². The van der Waals surface area contributed by atoms with E-state index in [9.17, 15) is 58.1 Å². The van der Waals surface area contributed by atoms with E-state index in [0.29, 0.717) is 22.9 Å². The number of anilines is 3. The molecule has 37 heteroatoms. The number of rotatable bonds is 22. The lowest BCUT2D eigenvalue weighted by Gasteiger charge is -2.57. The van der Waals surface area contributed by atoms with Crippen molar-refractivity contribution in [2.75, 3.05) is 56.8 Å². The zero-order valence-electron chi connectivity index (χ0n) is 67.0. The molecule has 646 valence electrons. The number of imidazole rings is 3. The van der Waals surface area contributed by atoms with Crippen LogP contribution in [0.4, 0.5) is 50.7 Å². The van der Waals surface area contributed by atoms with Crippen molar-refractivity contribution < 1.29 is 95.5 Å². The number of aromatic nitrogens is 12. The first kappa shape index (κ1) is 84.3. The average molecular weight is 1680 g/mol. The van der Waals surface area contributed by atoms with Gasteiger partial charge in [-0.2, -0.15) is 43.1 Å². The second-order valence-corrected chi connectivity index (χ2v) is 36.1. The van der Waals surface area contributed by atoms with Crippen LogP contribution in [-0.4, -0.2) is 177 Å². The second-order valence-electron chi connectivity index (χ2n) is 36.1. The van der Waals surface area contributed by atoms with Gasteiger partial charge in [-0.05, 0) is 236 Å². The van der Waals surface area contributed by atoms with Gasteiger partial charge in [-0.3, -0.25) is 23.8 Å². The Hall–Kier alpha value is -10.3. The minimum Gasteiger partial charge on any atom is -0.434 e. The molecule has 15 aliphatic rings. The SMILES string of the molecule is C#C[C@]1(CO)O[C@@H](n2cnc3c(N)nc(F)nc32)C[C@@H]1O.C#C[C@]1(CO)O[C@@H](n2cnc3c(N)nc(F)nc32)C[C@@H]1OC(=O)OCCCC12CC3CC(CC(C3)C1)C2.C#C[C@]1(COC(=O)OCCCC23CC4CC(CC(C4)C2)C3)O[C@@H](n2cnc3c(N)nc(F)nc32)C[C@@H]1O.O=C(OCCCC12CC3CC(CC(C3)C1)C2)Oc1ccc([N+](=O)[O-])cc1. The van der Waals surface area contributed by atoms with Crippen LogP contribution < -0.4 is 21.9 Å². The first-order valence-electron chi connectivity index (χ1n) is 41.8. The summed E-state index contributed by atoms with van der Waals surface area (Å²) in [6.07, 6.45) is 40.4. The Bertz CT molecular complexity index is 5030. The summed E-state index contributed by atoms with van der Waals surface area (Å²) in [6, 6.07) is 5.40. The van der Waals surface area contributed by atoms with Crippen LogP contribution in [0.15, 0.2) is 43.2 Å². The van der Waals surface area contributed by atoms with Crippen LogP contribution in [-0.2, 0) is 37.9 Å². The van der Waals surface area contributed by atoms with Crippen molar-refractivity contribution in [3.05, 3.63) is 71.6 Å². The lowest BCUT2D eigenvalue weighted by atomic mass is 9.48. The predicted octanol–water partition coefficient (Wildman–Crippen LogP) is 11.0. The molecule has 7 aromatic rings. The molecule has 12 aliphatic carbocycles. The number of hydrogen-bond donors (Lipinski definition) is 7. The molecule has 0 spiro atoms. The molecule has 3 aliphatic heterocycles. The molecule has 15 fully saturated rings. The summed E-state index contributed by atoms with van der Waals surface area (Å²) in [6.45, 7) is -0.618. The molecule has 9 atom stereocenters. The van der Waals surface area contributed by atoms with E-state index in [2.05, 4.69) is 62.6 Å². The number of benzene rings is 1. The summed E-state index contributed by atoms with van der Waals surface area (Å²) in [5.74, 6) is 15.2. The number of terminal acetylenes is 3. The predicted molar refractivity (Wildman–Crippen MR) is 422 cm³/mol. The molecule has 6 aromatic heterocycles. The number of carbonyl (C=O) groups excluding carboxylic acids is 3. The number of nitrogens with zero attached hydrogens (tertiary/aromatic N) is 13. The third-order valence-electron chi connectivity index (χ3n) is 27.9. The summed E-state index contributed by atoms with van der Waals surface area (Å²) < 4.78 is 94.3. The molecule has 0 radical (unpaired) electrons. The van der Waals surface area contributed by atoms with Gasteiger partial charge in [0.25, 0.3) is 5.69 Å². The van der Waals surface area contributed by atoms with Gasteiger partial charge < -0.3 is 80.3 Å². The highest BCUT2D eigenvalue weighted by Crippen LogP contribution is 2.64. The number of nitro groups is 1. The number of fused-ring (bicyclic) bond motifs is 3. The van der Waals surface area contributed by atoms with E-state index >= 15 is 0 Å². The Morgan fingerprint density at radius 1 is 0.479 bits per heavy atom. The number of ether oxygens (including phenoxy) is 9. The second kappa shape index (κ2) is 34.2. The van der Waals surface area contributed by atoms with Crippen molar-refractivity contribution in [2.24, 2.45) is 69.5 Å². The van der Waals surface area contributed by atoms with Gasteiger partial charge in [0.1, 0.15) is 43.2 Å². The van der Waals surface area contributed by atoms with Gasteiger partial charge >= 0.3 is 36.7 Å². The first-order chi connectivity index (χ1) is 58.1. The van der Waals surface area contributed by atoms with Crippen LogP contribution in [0, 0.1) is 135 Å². The molecule has 12 bridgehead atoms. The fraction of sp³-hybridized carbons (Fsp3) is 0.643. The van der Waals surface area contributed by atoms with E-state index in [-0.39, 0.29) is 94.9 Å². The number of carbonyl (C=O) groups is 3. The molecule has 22 rings (SSSR count). The van der Waals surface area contributed by atoms with Crippen molar-refractivity contribution in [1.29, 1.82) is 0 Å². The van der Waals surface area contributed by atoms with E-state index in [0.717, 1.165) is 91.8 Å². The minimum absolute atomic E-state index is 0.0405. The highest BCUT2D eigenvalue weighted by Gasteiger charge is 2.56. The molecule has 0 amide bonds. The first-order valence-corrected chi connectivity index (χ1v) is 41.8. The molecule has 3 saturated heterocycles. The fourth-order valence-electron chi connectivity index (χ4n) is 23.9. The monoisotopic (exact) mass is 1680 g/mol. The van der Waals surface area contributed by atoms with Gasteiger partial charge in [0.2, 0.25) is 0 Å². The Balaban J connectivity index is 0.000000123. The van der Waals surface area contributed by atoms with E-state index in [1.807, 2.05) is 0 Å². The number of nitro benzene ring substituents is 1. The third kappa shape index (κ3) is 17.5. The third-order valence-corrected chi connectivity index (χ3v) is 27.9. The molecule has 10 N–H and O–H groups in total. The largest absolute Gasteiger partial charge is 0.513 e. The molecule has 12 saturated carbocycles. The number of nitrogen functional groups attached to an aromatic ring is 3. The van der Waals surface area contributed by atoms with Crippen LogP contribution in [0.25, 0.3) is 33.5 Å². The van der Waals surface area contributed by atoms with Gasteiger partial charge in [0, 0.05) is 31.4 Å². The van der Waals surface area contributed by atoms with Crippen molar-refractivity contribution in [3.8, 4) is 42.8 Å². The lowest BCUT2D eigenvalue weighted by molar-refractivity contribution is -0.384. The maximum atomic E-state index is 13.8. The summed E-state index contributed by atoms with van der Waals surface area (Å²) in [4.78, 5) is 80.4. The Morgan fingerprint density at radius 3 is 1.16 bits per heavy atom. The van der Waals surface area contributed by atoms with Crippen LogP contribution in [0.5, 0.6) is 5.75 Å². The van der Waals surface area contributed by atoms with Crippen LogP contribution >= 0.6 is 0 Å². The number of hydrogen-bond acceptors (Lipinski definition) is 30. The molecular formula is C84H101F3N16O18. The molecule has 34 nitrogen and oxygen atoms in total. The minimum atomic E-state index is -1.60. The zero-order valence-corrected chi connectivity index (χ0v) is 67.0. The standard InChI is InChI=1S/2C26H32FN5O5.C20H25NO5.C12H12FN5O3/c1-2-26(18(33)9-19(37-26)32-14-29-20-21(28)30-23(27)31-22(20)32)13-36-24(34)35-5-3-4-25-10-15-6-16(11-25)8-17(7-15)12-25;1-2-26(13-33)18(9-19(37-26)32-14-29-20-21(28)30-23(27)31-22(20)32)36-24(34)35-5-3-4-25-10-15-6-16(11-25)8-17(7-15)12-25;22-19(26-18-4-2-17(3-5-18)21(23)24)25-7-1-6-20-11-14-8-15(12-20)10-16(9-14)13-20;1-2-12(4-19)6(20)3-7(21-12)18-5-15-8-9(14)16-11(13)17-10(8)18/h2*1,14-19,33H,3-13H2,(H2,28,30,31);2-5,14-16H,1,6-13H2;1,5-7,19-20H,3-4H2,(H2,14,16,17)/t2*15?,16?,17?,18-,19+,25?,26+;;6-,7+,12+/m00.0/s1. The summed E-state index contributed by atoms with van der Waals surface area (Å²) in [5.41, 5.74) is 14.6. The Morgan fingerprint density at radius 2 is 0.810 bits per heavy atom. The highest BCUT2D eigenvalue weighted by atomic mass is 19.1. The number of aliphatic hydroxyl groups excluding tert-OH is 4. The normalized spacial score (nSPS) is 33.9. The highest BCUT2D eigenvalue weighted by molar-refractivity contribution is 5.83. The summed E-state index contributed by atoms with van der Waals surface area (Å²) >= 11 is 0. The smallest absolute Gasteiger partial charge is 0.434 e. The van der Waals surface area contributed by atoms with Crippen molar-refractivity contribution in [1.82, 2.24) is 58.6 Å². The Kier molecular flexibility index (Phi) is 23.8. The number of aliphatic hydroxyl groups is 4. The van der Waals surface area contributed by atoms with Crippen LogP contribution in [0.3, 0.4) is 0 Å². The van der Waals surface area contributed by atoms with Crippen molar-refractivity contribution in [2.45, 2.75) is 227 Å². The van der Waals surface area contributed by atoms with E-state index < -0.39 is 115 Å². The van der Waals surface area contributed by atoms with E-state index in [1.54, 1.807) is 0 Å². The maximum absolute atomic E-state index is 13.8. The molecule has 121 heavy (non-hydrogen) atoms. The molecule has 1 aromatic carbocycles. The average Bonchev–Trinajstić information content (AvgIpc) is 1.74. The quantitative estimate of drug-likeness (QED) is 0.00484. The molecule has 0 unspecified atom stereocenters. The Labute approximate surface area is 694 Å². The topological polar surface area (TPSA) is 467 Å². The molecular weight excluding hydrogens is 1580 g/mol. The van der Waals surface area contributed by atoms with Gasteiger partial charge in [-0.15, -0.1) is 19.3 Å². The maximum Gasteiger partial charge on any atom is 0.513 e. The van der Waals surface area contributed by atoms with Crippen LogP contribution in [0.2, 0.25) is 0 Å². The number of halogens is 3.